The minimum absolute atomic E-state index is 0.180. The van der Waals surface area contributed by atoms with Gasteiger partial charge in [0, 0.05) is 23.7 Å². The predicted octanol–water partition coefficient (Wildman–Crippen LogP) is 4.27. The molecule has 0 aliphatic carbocycles. The van der Waals surface area contributed by atoms with Crippen LogP contribution in [0.15, 0.2) is 72.9 Å². The van der Waals surface area contributed by atoms with Crippen molar-refractivity contribution in [3.63, 3.8) is 0 Å². The second kappa shape index (κ2) is 9.34. The minimum atomic E-state index is -0.992. The van der Waals surface area contributed by atoms with E-state index in [1.165, 1.54) is 0 Å². The molecule has 7 nitrogen and oxygen atoms in total. The number of benzene rings is 2. The lowest BCUT2D eigenvalue weighted by molar-refractivity contribution is 0.0697. The number of carboxylic acid groups (broad SMARTS) is 1. The molecule has 0 saturated carbocycles. The summed E-state index contributed by atoms with van der Waals surface area (Å²) in [5.74, 6) is -0.277. The van der Waals surface area contributed by atoms with Gasteiger partial charge in [0.05, 0.1) is 17.8 Å². The van der Waals surface area contributed by atoms with Gasteiger partial charge < -0.3 is 5.11 Å². The van der Waals surface area contributed by atoms with Crippen molar-refractivity contribution in [2.24, 2.45) is 0 Å². The van der Waals surface area contributed by atoms with Gasteiger partial charge in [-0.15, -0.1) is 5.10 Å². The number of carbonyl (C=O) groups excluding carboxylic acids is 1. The van der Waals surface area contributed by atoms with Gasteiger partial charge in [0.15, 0.2) is 0 Å². The molecular weight excluding hydrogens is 404 g/mol. The zero-order valence-electron chi connectivity index (χ0n) is 17.6. The van der Waals surface area contributed by atoms with Crippen LogP contribution in [0, 0.1) is 0 Å². The summed E-state index contributed by atoms with van der Waals surface area (Å²) >= 11 is 0. The lowest BCUT2D eigenvalue weighted by Crippen LogP contribution is -2.08. The molecule has 0 unspecified atom stereocenters. The molecule has 2 aromatic carbocycles. The van der Waals surface area contributed by atoms with Crippen molar-refractivity contribution in [1.29, 1.82) is 0 Å². The normalized spacial score (nSPS) is 10.8. The Hall–Kier alpha value is -4.13. The van der Waals surface area contributed by atoms with Gasteiger partial charge in [0.2, 0.25) is 11.6 Å². The summed E-state index contributed by atoms with van der Waals surface area (Å²) in [6.07, 6.45) is 3.28. The number of pyridine rings is 1. The van der Waals surface area contributed by atoms with Crippen molar-refractivity contribution in [2.45, 2.75) is 26.3 Å². The van der Waals surface area contributed by atoms with E-state index in [1.807, 2.05) is 31.2 Å². The van der Waals surface area contributed by atoms with E-state index in [0.29, 0.717) is 29.8 Å². The summed E-state index contributed by atoms with van der Waals surface area (Å²) in [7, 11) is 0. The van der Waals surface area contributed by atoms with Crippen LogP contribution < -0.4 is 0 Å². The Bertz CT molecular complexity index is 1250. The molecule has 4 aromatic rings. The third-order valence-electron chi connectivity index (χ3n) is 5.05. The van der Waals surface area contributed by atoms with Gasteiger partial charge >= 0.3 is 5.97 Å². The van der Waals surface area contributed by atoms with Gasteiger partial charge in [-0.2, -0.15) is 0 Å². The van der Waals surface area contributed by atoms with E-state index in [-0.39, 0.29) is 17.2 Å². The van der Waals surface area contributed by atoms with E-state index < -0.39 is 5.97 Å². The number of nitrogens with zero attached hydrogens (tertiary/aromatic N) is 4. The predicted molar refractivity (Wildman–Crippen MR) is 120 cm³/mol. The van der Waals surface area contributed by atoms with Gasteiger partial charge in [0.25, 0.3) is 0 Å². The maximum atomic E-state index is 12.8. The molecule has 2 heterocycles. The van der Waals surface area contributed by atoms with E-state index in [2.05, 4.69) is 15.1 Å². The molecule has 0 amide bonds. The number of aryl methyl sites for hydroxylation is 1. The largest absolute Gasteiger partial charge is 0.478 e. The molecule has 32 heavy (non-hydrogen) atoms. The number of hydrogen-bond donors (Lipinski definition) is 1. The van der Waals surface area contributed by atoms with Crippen LogP contribution in [-0.2, 0) is 13.0 Å². The van der Waals surface area contributed by atoms with Crippen molar-refractivity contribution in [3.05, 3.63) is 101 Å². The first-order valence-corrected chi connectivity index (χ1v) is 10.4. The topological polar surface area (TPSA) is 98.0 Å². The quantitative estimate of drug-likeness (QED) is 0.423. The summed E-state index contributed by atoms with van der Waals surface area (Å²) in [4.78, 5) is 33.2. The van der Waals surface area contributed by atoms with Crippen molar-refractivity contribution >= 4 is 11.8 Å². The summed E-state index contributed by atoms with van der Waals surface area (Å²) in [5, 5.41) is 13.9. The van der Waals surface area contributed by atoms with Crippen LogP contribution in [0.3, 0.4) is 0 Å². The molecule has 2 aromatic heterocycles. The first-order valence-electron chi connectivity index (χ1n) is 10.4. The number of hydrogen-bond acceptors (Lipinski definition) is 5. The first-order chi connectivity index (χ1) is 15.6. The Morgan fingerprint density at radius 1 is 0.969 bits per heavy atom. The van der Waals surface area contributed by atoms with Gasteiger partial charge in [-0.25, -0.2) is 14.5 Å². The van der Waals surface area contributed by atoms with Crippen LogP contribution in [0.5, 0.6) is 0 Å². The number of rotatable bonds is 8. The van der Waals surface area contributed by atoms with Crippen molar-refractivity contribution in [3.8, 4) is 11.3 Å². The SMILES string of the molecule is CCCc1nc(C(=O)c2ccccc2)nn1Cc1ccc(-c2ccccc2C(=O)O)nc1. The monoisotopic (exact) mass is 426 g/mol. The van der Waals surface area contributed by atoms with Crippen molar-refractivity contribution in [1.82, 2.24) is 19.7 Å². The van der Waals surface area contributed by atoms with Gasteiger partial charge in [-0.05, 0) is 24.1 Å². The van der Waals surface area contributed by atoms with Crippen molar-refractivity contribution < 1.29 is 14.7 Å². The molecule has 0 saturated heterocycles. The highest BCUT2D eigenvalue weighted by atomic mass is 16.4. The Kier molecular flexibility index (Phi) is 6.17. The van der Waals surface area contributed by atoms with Crippen LogP contribution in [-0.4, -0.2) is 36.6 Å². The second-order valence-electron chi connectivity index (χ2n) is 7.36. The average Bonchev–Trinajstić information content (AvgIpc) is 3.22. The Balaban J connectivity index is 1.60. The number of aromatic nitrogens is 4. The molecule has 1 N–H and O–H groups in total. The summed E-state index contributed by atoms with van der Waals surface area (Å²) in [6, 6.07) is 19.4. The fourth-order valence-corrected chi connectivity index (χ4v) is 3.47. The number of carboxylic acids is 1. The molecule has 7 heteroatoms. The Morgan fingerprint density at radius 2 is 1.72 bits per heavy atom. The molecule has 0 spiro atoms. The third-order valence-corrected chi connectivity index (χ3v) is 5.05. The van der Waals surface area contributed by atoms with E-state index in [9.17, 15) is 14.7 Å². The van der Waals surface area contributed by atoms with E-state index >= 15 is 0 Å². The van der Waals surface area contributed by atoms with Crippen LogP contribution in [0.4, 0.5) is 0 Å². The summed E-state index contributed by atoms with van der Waals surface area (Å²) < 4.78 is 1.74. The van der Waals surface area contributed by atoms with Crippen LogP contribution >= 0.6 is 0 Å². The molecule has 0 radical (unpaired) electrons. The average molecular weight is 426 g/mol. The number of aromatic carboxylic acids is 1. The zero-order chi connectivity index (χ0) is 22.5. The van der Waals surface area contributed by atoms with Crippen molar-refractivity contribution in [2.75, 3.05) is 0 Å². The van der Waals surface area contributed by atoms with Crippen LogP contribution in [0.2, 0.25) is 0 Å². The van der Waals surface area contributed by atoms with Gasteiger partial charge in [-0.1, -0.05) is 61.5 Å². The van der Waals surface area contributed by atoms with E-state index in [1.54, 1.807) is 53.3 Å². The maximum Gasteiger partial charge on any atom is 0.336 e. The maximum absolute atomic E-state index is 12.8. The van der Waals surface area contributed by atoms with Crippen LogP contribution in [0.1, 0.15) is 51.3 Å². The summed E-state index contributed by atoms with van der Waals surface area (Å²) in [6.45, 7) is 2.46. The molecule has 4 rings (SSSR count). The van der Waals surface area contributed by atoms with Gasteiger partial charge in [-0.3, -0.25) is 9.78 Å². The molecule has 0 atom stereocenters. The lowest BCUT2D eigenvalue weighted by atomic mass is 10.0. The van der Waals surface area contributed by atoms with Crippen LogP contribution in [0.25, 0.3) is 11.3 Å². The molecule has 0 aliphatic rings. The van der Waals surface area contributed by atoms with Gasteiger partial charge in [0.1, 0.15) is 5.82 Å². The fraction of sp³-hybridized carbons (Fsp3) is 0.160. The number of carbonyl (C=O) groups is 2. The fourth-order valence-electron chi connectivity index (χ4n) is 3.47. The number of ketones is 1. The molecular formula is C25H22N4O3. The third kappa shape index (κ3) is 4.46. The second-order valence-corrected chi connectivity index (χ2v) is 7.36. The van der Waals surface area contributed by atoms with E-state index in [0.717, 1.165) is 17.8 Å². The Morgan fingerprint density at radius 3 is 2.41 bits per heavy atom. The molecule has 0 fully saturated rings. The zero-order valence-corrected chi connectivity index (χ0v) is 17.6. The molecule has 0 aliphatic heterocycles. The first kappa shape index (κ1) is 21.1. The smallest absolute Gasteiger partial charge is 0.336 e. The highest BCUT2D eigenvalue weighted by molar-refractivity contribution is 6.06. The standard InChI is InChI=1S/C25H22N4O3/c1-2-8-22-27-24(23(30)18-9-4-3-5-10-18)28-29(22)16-17-13-14-21(26-15-17)19-11-6-7-12-20(19)25(31)32/h3-7,9-15H,2,8,16H2,1H3,(H,31,32). The molecule has 0 bridgehead atoms. The minimum Gasteiger partial charge on any atom is -0.478 e. The highest BCUT2D eigenvalue weighted by Gasteiger charge is 2.18. The lowest BCUT2D eigenvalue weighted by Gasteiger charge is -2.08. The summed E-state index contributed by atoms with van der Waals surface area (Å²) in [5.41, 5.74) is 2.78. The highest BCUT2D eigenvalue weighted by Crippen LogP contribution is 2.22. The molecule has 160 valence electrons. The van der Waals surface area contributed by atoms with E-state index in [4.69, 9.17) is 0 Å². The Labute approximate surface area is 185 Å².